The Morgan fingerprint density at radius 3 is 2.72 bits per heavy atom. The van der Waals surface area contributed by atoms with Gasteiger partial charge in [-0.3, -0.25) is 4.79 Å². The van der Waals surface area contributed by atoms with Gasteiger partial charge in [0.2, 0.25) is 5.91 Å². The third-order valence-corrected chi connectivity index (χ3v) is 5.78. The van der Waals surface area contributed by atoms with E-state index in [1.165, 1.54) is 17.3 Å². The fourth-order valence-corrected chi connectivity index (χ4v) is 3.65. The smallest absolute Gasteiger partial charge is 0.234 e. The molecule has 2 aromatic carbocycles. The topological polar surface area (TPSA) is 90.5 Å². The van der Waals surface area contributed by atoms with Gasteiger partial charge >= 0.3 is 0 Å². The third kappa shape index (κ3) is 4.14. The Balaban J connectivity index is 1.39. The Morgan fingerprint density at radius 2 is 1.90 bits per heavy atom. The number of aryl methyl sites for hydroxylation is 2. The van der Waals surface area contributed by atoms with E-state index < -0.39 is 0 Å². The van der Waals surface area contributed by atoms with E-state index in [0.29, 0.717) is 11.7 Å². The molecule has 0 aliphatic carbocycles. The predicted octanol–water partition coefficient (Wildman–Crippen LogP) is 2.96. The maximum Gasteiger partial charge on any atom is 0.234 e. The van der Waals surface area contributed by atoms with Gasteiger partial charge in [-0.25, -0.2) is 4.68 Å². The zero-order valence-corrected chi connectivity index (χ0v) is 17.3. The number of rotatable bonds is 6. The highest BCUT2D eigenvalue weighted by atomic mass is 32.2. The zero-order valence-electron chi connectivity index (χ0n) is 16.5. The normalized spacial score (nSPS) is 11.1. The summed E-state index contributed by atoms with van der Waals surface area (Å²) >= 11 is 1.35. The lowest BCUT2D eigenvalue weighted by atomic mass is 10.1. The highest BCUT2D eigenvalue weighted by molar-refractivity contribution is 7.99. The molecule has 1 N–H and O–H groups in total. The number of carbonyl (C=O) groups excluding carboxylic acids is 1. The second kappa shape index (κ2) is 8.04. The molecule has 148 valence electrons. The van der Waals surface area contributed by atoms with Crippen molar-refractivity contribution in [1.82, 2.24) is 29.8 Å². The molecule has 0 saturated heterocycles. The molecule has 0 aliphatic heterocycles. The summed E-state index contributed by atoms with van der Waals surface area (Å²) in [6.07, 6.45) is 0. The van der Waals surface area contributed by atoms with Crippen LogP contribution < -0.4 is 5.32 Å². The summed E-state index contributed by atoms with van der Waals surface area (Å²) in [5.41, 5.74) is 4.93. The second-order valence-electron chi connectivity index (χ2n) is 6.83. The molecule has 29 heavy (non-hydrogen) atoms. The molecule has 9 heteroatoms. The van der Waals surface area contributed by atoms with Crippen LogP contribution in [0.1, 0.15) is 17.0 Å². The van der Waals surface area contributed by atoms with E-state index in [-0.39, 0.29) is 11.7 Å². The highest BCUT2D eigenvalue weighted by Gasteiger charge is 2.14. The van der Waals surface area contributed by atoms with Gasteiger partial charge in [0, 0.05) is 12.7 Å². The number of hydrogen-bond acceptors (Lipinski definition) is 6. The van der Waals surface area contributed by atoms with E-state index in [9.17, 15) is 4.79 Å². The minimum absolute atomic E-state index is 0.0786. The van der Waals surface area contributed by atoms with Gasteiger partial charge in [-0.05, 0) is 49.2 Å². The van der Waals surface area contributed by atoms with Crippen LogP contribution in [0.3, 0.4) is 0 Å². The van der Waals surface area contributed by atoms with Crippen LogP contribution in [0.25, 0.3) is 11.0 Å². The lowest BCUT2D eigenvalue weighted by Crippen LogP contribution is -2.15. The van der Waals surface area contributed by atoms with Crippen molar-refractivity contribution in [2.24, 2.45) is 7.05 Å². The van der Waals surface area contributed by atoms with Crippen LogP contribution in [0, 0.1) is 13.8 Å². The summed E-state index contributed by atoms with van der Waals surface area (Å²) in [6.45, 7) is 4.53. The highest BCUT2D eigenvalue weighted by Crippen LogP contribution is 2.19. The molecule has 2 heterocycles. The van der Waals surface area contributed by atoms with Crippen LogP contribution in [0.5, 0.6) is 0 Å². The number of para-hydroxylation sites is 1. The fourth-order valence-electron chi connectivity index (χ4n) is 2.92. The van der Waals surface area contributed by atoms with Gasteiger partial charge in [-0.1, -0.05) is 35.2 Å². The number of nitrogens with one attached hydrogen (secondary N) is 1. The lowest BCUT2D eigenvalue weighted by Gasteiger charge is -2.08. The number of benzene rings is 2. The van der Waals surface area contributed by atoms with E-state index >= 15 is 0 Å². The Hall–Kier alpha value is -3.20. The monoisotopic (exact) mass is 407 g/mol. The van der Waals surface area contributed by atoms with E-state index in [0.717, 1.165) is 28.1 Å². The van der Waals surface area contributed by atoms with Crippen LogP contribution in [0.15, 0.2) is 47.6 Å². The first-order chi connectivity index (χ1) is 14.0. The number of nitrogens with zero attached hydrogens (tertiary/aromatic N) is 6. The van der Waals surface area contributed by atoms with Crippen LogP contribution in [0.2, 0.25) is 0 Å². The summed E-state index contributed by atoms with van der Waals surface area (Å²) in [4.78, 5) is 12.3. The standard InChI is InChI=1S/C20H21N7OS/c1-13-8-9-15(10-14(13)2)21-19(28)12-29-20-24-23-18(26(20)3)11-27-17-7-5-4-6-16(17)22-25-27/h4-10H,11-12H2,1-3H3,(H,21,28). The predicted molar refractivity (Wildman–Crippen MR) is 113 cm³/mol. The summed E-state index contributed by atoms with van der Waals surface area (Å²) in [7, 11) is 1.89. The number of anilines is 1. The minimum atomic E-state index is -0.0786. The number of aromatic nitrogens is 6. The molecule has 0 fully saturated rings. The van der Waals surface area contributed by atoms with Gasteiger partial charge in [0.25, 0.3) is 0 Å². The molecule has 0 radical (unpaired) electrons. The van der Waals surface area contributed by atoms with E-state index in [2.05, 4.69) is 25.8 Å². The Labute approximate surface area is 172 Å². The average molecular weight is 408 g/mol. The number of carbonyl (C=O) groups is 1. The van der Waals surface area contributed by atoms with Crippen LogP contribution in [-0.2, 0) is 18.4 Å². The van der Waals surface area contributed by atoms with Crippen LogP contribution in [0.4, 0.5) is 5.69 Å². The minimum Gasteiger partial charge on any atom is -0.325 e. The molecule has 0 unspecified atom stereocenters. The molecular weight excluding hydrogens is 386 g/mol. The number of hydrogen-bond donors (Lipinski definition) is 1. The van der Waals surface area contributed by atoms with Crippen molar-refractivity contribution >= 4 is 34.4 Å². The van der Waals surface area contributed by atoms with Crippen molar-refractivity contribution in [3.63, 3.8) is 0 Å². The first kappa shape index (κ1) is 19.1. The van der Waals surface area contributed by atoms with Crippen molar-refractivity contribution in [3.8, 4) is 0 Å². The van der Waals surface area contributed by atoms with Gasteiger partial charge in [0.1, 0.15) is 12.1 Å². The molecule has 0 aliphatic rings. The molecule has 0 spiro atoms. The van der Waals surface area contributed by atoms with Gasteiger partial charge < -0.3 is 9.88 Å². The maximum atomic E-state index is 12.3. The first-order valence-electron chi connectivity index (χ1n) is 9.17. The van der Waals surface area contributed by atoms with Gasteiger partial charge in [0.15, 0.2) is 11.0 Å². The Morgan fingerprint density at radius 1 is 1.07 bits per heavy atom. The Kier molecular flexibility index (Phi) is 5.30. The molecule has 4 rings (SSSR count). The quantitative estimate of drug-likeness (QED) is 0.494. The SMILES string of the molecule is Cc1ccc(NC(=O)CSc2nnc(Cn3nnc4ccccc43)n2C)cc1C. The van der Waals surface area contributed by atoms with Crippen LogP contribution in [-0.4, -0.2) is 41.4 Å². The van der Waals surface area contributed by atoms with E-state index in [1.807, 2.05) is 67.9 Å². The second-order valence-corrected chi connectivity index (χ2v) is 7.77. The van der Waals surface area contributed by atoms with Crippen molar-refractivity contribution in [3.05, 3.63) is 59.4 Å². The molecule has 0 saturated carbocycles. The number of fused-ring (bicyclic) bond motifs is 1. The molecule has 2 aromatic heterocycles. The molecule has 0 atom stereocenters. The Bertz CT molecular complexity index is 1180. The van der Waals surface area contributed by atoms with Crippen molar-refractivity contribution < 1.29 is 4.79 Å². The molecule has 8 nitrogen and oxygen atoms in total. The third-order valence-electron chi connectivity index (χ3n) is 4.76. The van der Waals surface area contributed by atoms with Crippen molar-refractivity contribution in [2.75, 3.05) is 11.1 Å². The summed E-state index contributed by atoms with van der Waals surface area (Å²) in [5, 5.41) is 20.4. The first-order valence-corrected chi connectivity index (χ1v) is 10.2. The number of amides is 1. The van der Waals surface area contributed by atoms with E-state index in [1.54, 1.807) is 4.68 Å². The average Bonchev–Trinajstić information content (AvgIpc) is 3.28. The van der Waals surface area contributed by atoms with Crippen LogP contribution >= 0.6 is 11.8 Å². The zero-order chi connectivity index (χ0) is 20.4. The molecular formula is C20H21N7OS. The van der Waals surface area contributed by atoms with Gasteiger partial charge in [-0.15, -0.1) is 15.3 Å². The summed E-state index contributed by atoms with van der Waals surface area (Å²) < 4.78 is 3.67. The largest absolute Gasteiger partial charge is 0.325 e. The molecule has 0 bridgehead atoms. The van der Waals surface area contributed by atoms with Crippen molar-refractivity contribution in [1.29, 1.82) is 0 Å². The van der Waals surface area contributed by atoms with Gasteiger partial charge in [0.05, 0.1) is 11.3 Å². The maximum absolute atomic E-state index is 12.3. The van der Waals surface area contributed by atoms with Crippen molar-refractivity contribution in [2.45, 2.75) is 25.5 Å². The summed E-state index contributed by atoms with van der Waals surface area (Å²) in [5.74, 6) is 0.924. The van der Waals surface area contributed by atoms with E-state index in [4.69, 9.17) is 0 Å². The lowest BCUT2D eigenvalue weighted by molar-refractivity contribution is -0.113. The number of thioether (sulfide) groups is 1. The fraction of sp³-hybridized carbons (Fsp3) is 0.250. The summed E-state index contributed by atoms with van der Waals surface area (Å²) in [6, 6.07) is 13.7. The molecule has 1 amide bonds. The molecule has 4 aromatic rings. The van der Waals surface area contributed by atoms with Gasteiger partial charge in [-0.2, -0.15) is 0 Å².